The van der Waals surface area contributed by atoms with E-state index < -0.39 is 21.9 Å². The number of nitrogens with one attached hydrogen (secondary N) is 1. The van der Waals surface area contributed by atoms with Crippen molar-refractivity contribution in [3.63, 3.8) is 0 Å². The van der Waals surface area contributed by atoms with Gasteiger partial charge < -0.3 is 14.7 Å². The molecule has 0 unspecified atom stereocenters. The SMILES string of the molecule is O=S(=O)(c1ccc(F)cc1)N1CC[NH+](C[C@H](O)COCc2ccccc2)CC1. The van der Waals surface area contributed by atoms with Crippen LogP contribution in [0.4, 0.5) is 4.39 Å². The zero-order valence-electron chi connectivity index (χ0n) is 15.6. The smallest absolute Gasteiger partial charge is 0.243 e. The first-order valence-corrected chi connectivity index (χ1v) is 10.8. The van der Waals surface area contributed by atoms with Crippen LogP contribution in [0.5, 0.6) is 0 Å². The number of hydrogen-bond acceptors (Lipinski definition) is 4. The molecule has 6 nitrogen and oxygen atoms in total. The molecule has 1 saturated heterocycles. The minimum absolute atomic E-state index is 0.103. The molecule has 0 aliphatic carbocycles. The summed E-state index contributed by atoms with van der Waals surface area (Å²) < 4.78 is 45.3. The number of sulfonamides is 1. The van der Waals surface area contributed by atoms with Gasteiger partial charge in [-0.2, -0.15) is 4.31 Å². The molecule has 1 atom stereocenters. The molecule has 1 aliphatic rings. The average molecular weight is 410 g/mol. The van der Waals surface area contributed by atoms with E-state index in [1.165, 1.54) is 16.4 Å². The van der Waals surface area contributed by atoms with Gasteiger partial charge in [-0.15, -0.1) is 0 Å². The highest BCUT2D eigenvalue weighted by atomic mass is 32.2. The summed E-state index contributed by atoms with van der Waals surface area (Å²) in [6.45, 7) is 3.16. The van der Waals surface area contributed by atoms with Gasteiger partial charge in [-0.05, 0) is 29.8 Å². The van der Waals surface area contributed by atoms with Crippen molar-refractivity contribution in [3.8, 4) is 0 Å². The number of halogens is 1. The summed E-state index contributed by atoms with van der Waals surface area (Å²) in [6, 6.07) is 14.7. The maximum Gasteiger partial charge on any atom is 0.243 e. The zero-order valence-corrected chi connectivity index (χ0v) is 16.4. The van der Waals surface area contributed by atoms with E-state index in [0.717, 1.165) is 22.6 Å². The fourth-order valence-corrected chi connectivity index (χ4v) is 4.72. The van der Waals surface area contributed by atoms with Crippen LogP contribution in [-0.4, -0.2) is 63.3 Å². The van der Waals surface area contributed by atoms with Crippen molar-refractivity contribution in [2.24, 2.45) is 0 Å². The highest BCUT2D eigenvalue weighted by molar-refractivity contribution is 7.89. The second-order valence-electron chi connectivity index (χ2n) is 6.97. The Hall–Kier alpha value is -1.84. The summed E-state index contributed by atoms with van der Waals surface area (Å²) in [7, 11) is -3.61. The number of rotatable bonds is 8. The average Bonchev–Trinajstić information content (AvgIpc) is 2.69. The van der Waals surface area contributed by atoms with Crippen LogP contribution in [0.1, 0.15) is 5.56 Å². The molecule has 1 heterocycles. The van der Waals surface area contributed by atoms with Gasteiger partial charge in [-0.3, -0.25) is 0 Å². The Bertz CT molecular complexity index is 838. The van der Waals surface area contributed by atoms with Crippen LogP contribution in [-0.2, 0) is 21.4 Å². The van der Waals surface area contributed by atoms with Gasteiger partial charge in [0.2, 0.25) is 10.0 Å². The molecule has 1 fully saturated rings. The van der Waals surface area contributed by atoms with E-state index in [2.05, 4.69) is 0 Å². The number of aliphatic hydroxyl groups is 1. The minimum atomic E-state index is -3.61. The van der Waals surface area contributed by atoms with E-state index in [-0.39, 0.29) is 11.5 Å². The molecule has 0 saturated carbocycles. The number of quaternary nitrogens is 1. The molecule has 152 valence electrons. The largest absolute Gasteiger partial charge is 0.385 e. The quantitative estimate of drug-likeness (QED) is 0.658. The van der Waals surface area contributed by atoms with Crippen LogP contribution >= 0.6 is 0 Å². The molecule has 0 radical (unpaired) electrons. The van der Waals surface area contributed by atoms with Gasteiger partial charge in [0, 0.05) is 0 Å². The number of piperazine rings is 1. The summed E-state index contributed by atoms with van der Waals surface area (Å²) in [5, 5.41) is 10.2. The van der Waals surface area contributed by atoms with E-state index in [1.807, 2.05) is 30.3 Å². The predicted octanol–water partition coefficient (Wildman–Crippen LogP) is 0.293. The van der Waals surface area contributed by atoms with Crippen molar-refractivity contribution in [3.05, 3.63) is 66.0 Å². The van der Waals surface area contributed by atoms with Gasteiger partial charge in [-0.1, -0.05) is 30.3 Å². The van der Waals surface area contributed by atoms with E-state index >= 15 is 0 Å². The number of ether oxygens (including phenoxy) is 1. The second kappa shape index (κ2) is 9.58. The summed E-state index contributed by atoms with van der Waals surface area (Å²) >= 11 is 0. The molecular weight excluding hydrogens is 383 g/mol. The van der Waals surface area contributed by atoms with Crippen LogP contribution in [0.15, 0.2) is 59.5 Å². The molecule has 2 aromatic carbocycles. The summed E-state index contributed by atoms with van der Waals surface area (Å²) in [4.78, 5) is 1.24. The Morgan fingerprint density at radius 2 is 1.71 bits per heavy atom. The minimum Gasteiger partial charge on any atom is -0.385 e. The fourth-order valence-electron chi connectivity index (χ4n) is 3.28. The first-order valence-electron chi connectivity index (χ1n) is 9.34. The Balaban J connectivity index is 1.42. The Labute approximate surface area is 165 Å². The third-order valence-corrected chi connectivity index (χ3v) is 6.74. The van der Waals surface area contributed by atoms with Crippen molar-refractivity contribution in [1.29, 1.82) is 0 Å². The van der Waals surface area contributed by atoms with E-state index in [4.69, 9.17) is 4.74 Å². The summed E-state index contributed by atoms with van der Waals surface area (Å²) in [5.41, 5.74) is 1.06. The standard InChI is InChI=1S/C20H25FN2O4S/c21-18-6-8-20(9-7-18)28(25,26)23-12-10-22(11-13-23)14-19(24)16-27-15-17-4-2-1-3-5-17/h1-9,19,24H,10-16H2/p+1/t19-/m0/s1. The molecule has 0 amide bonds. The van der Waals surface area contributed by atoms with Gasteiger partial charge >= 0.3 is 0 Å². The highest BCUT2D eigenvalue weighted by Crippen LogP contribution is 2.16. The number of benzene rings is 2. The number of nitrogens with zero attached hydrogens (tertiary/aromatic N) is 1. The van der Waals surface area contributed by atoms with Crippen LogP contribution in [0.3, 0.4) is 0 Å². The molecule has 0 bridgehead atoms. The Morgan fingerprint density at radius 1 is 1.07 bits per heavy atom. The van der Waals surface area contributed by atoms with Crippen LogP contribution < -0.4 is 4.90 Å². The maximum absolute atomic E-state index is 13.0. The summed E-state index contributed by atoms with van der Waals surface area (Å²) in [6.07, 6.45) is -0.598. The van der Waals surface area contributed by atoms with Crippen LogP contribution in [0, 0.1) is 5.82 Å². The molecule has 8 heteroatoms. The van der Waals surface area contributed by atoms with Crippen LogP contribution in [0.25, 0.3) is 0 Å². The van der Waals surface area contributed by atoms with Crippen molar-refractivity contribution < 1.29 is 27.6 Å². The molecule has 0 aromatic heterocycles. The molecule has 2 N–H and O–H groups in total. The third kappa shape index (κ3) is 5.59. The molecule has 28 heavy (non-hydrogen) atoms. The lowest BCUT2D eigenvalue weighted by Crippen LogP contribution is -3.15. The molecule has 2 aromatic rings. The van der Waals surface area contributed by atoms with Crippen molar-refractivity contribution in [2.75, 3.05) is 39.3 Å². The van der Waals surface area contributed by atoms with Crippen molar-refractivity contribution >= 4 is 10.0 Å². The van der Waals surface area contributed by atoms with E-state index in [0.29, 0.717) is 39.3 Å². The molecule has 0 spiro atoms. The van der Waals surface area contributed by atoms with Gasteiger partial charge in [0.15, 0.2) is 0 Å². The lowest BCUT2D eigenvalue weighted by Gasteiger charge is -2.32. The fraction of sp³-hybridized carbons (Fsp3) is 0.400. The monoisotopic (exact) mass is 409 g/mol. The van der Waals surface area contributed by atoms with Gasteiger partial charge in [0.05, 0.1) is 44.3 Å². The second-order valence-corrected chi connectivity index (χ2v) is 8.90. The molecule has 3 rings (SSSR count). The van der Waals surface area contributed by atoms with E-state index in [1.54, 1.807) is 0 Å². The molecular formula is C20H26FN2O4S+. The lowest BCUT2D eigenvalue weighted by atomic mass is 10.2. The third-order valence-electron chi connectivity index (χ3n) is 4.83. The topological polar surface area (TPSA) is 71.3 Å². The lowest BCUT2D eigenvalue weighted by molar-refractivity contribution is -0.906. The molecule has 1 aliphatic heterocycles. The van der Waals surface area contributed by atoms with Crippen LogP contribution in [0.2, 0.25) is 0 Å². The highest BCUT2D eigenvalue weighted by Gasteiger charge is 2.31. The normalized spacial score (nSPS) is 17.5. The van der Waals surface area contributed by atoms with E-state index in [9.17, 15) is 17.9 Å². The zero-order chi connectivity index (χ0) is 20.0. The Kier molecular flexibility index (Phi) is 7.14. The first kappa shape index (κ1) is 20.9. The maximum atomic E-state index is 13.0. The first-order chi connectivity index (χ1) is 13.4. The predicted molar refractivity (Wildman–Crippen MR) is 103 cm³/mol. The van der Waals surface area contributed by atoms with Gasteiger partial charge in [0.25, 0.3) is 0 Å². The summed E-state index contributed by atoms with van der Waals surface area (Å²) in [5.74, 6) is -0.461. The Morgan fingerprint density at radius 3 is 2.36 bits per heavy atom. The number of hydrogen-bond donors (Lipinski definition) is 2. The van der Waals surface area contributed by atoms with Crippen molar-refractivity contribution in [2.45, 2.75) is 17.6 Å². The van der Waals surface area contributed by atoms with Crippen molar-refractivity contribution in [1.82, 2.24) is 4.31 Å². The van der Waals surface area contributed by atoms with Gasteiger partial charge in [0.1, 0.15) is 18.5 Å². The van der Waals surface area contributed by atoms with Gasteiger partial charge in [-0.25, -0.2) is 12.8 Å². The number of aliphatic hydroxyl groups excluding tert-OH is 1.